The van der Waals surface area contributed by atoms with E-state index in [1.165, 1.54) is 18.2 Å². The van der Waals surface area contributed by atoms with E-state index in [1.807, 2.05) is 7.05 Å². The molecule has 1 N–H and O–H groups in total. The van der Waals surface area contributed by atoms with Gasteiger partial charge in [-0.15, -0.1) is 0 Å². The van der Waals surface area contributed by atoms with Gasteiger partial charge in [0, 0.05) is 43.4 Å². The zero-order chi connectivity index (χ0) is 20.3. The van der Waals surface area contributed by atoms with E-state index in [2.05, 4.69) is 10.2 Å². The molecule has 1 saturated heterocycles. The van der Waals surface area contributed by atoms with Gasteiger partial charge in [0.2, 0.25) is 0 Å². The first-order valence-corrected chi connectivity index (χ1v) is 9.00. The van der Waals surface area contributed by atoms with E-state index in [9.17, 15) is 19.7 Å². The minimum atomic E-state index is -0.485. The normalized spacial score (nSPS) is 14.6. The molecule has 1 heterocycles. The fraction of sp³-hybridized carbons (Fsp3) is 0.300. The second kappa shape index (κ2) is 8.18. The van der Waals surface area contributed by atoms with Crippen LogP contribution < -0.4 is 5.32 Å². The zero-order valence-electron chi connectivity index (χ0n) is 15.8. The maximum Gasteiger partial charge on any atom is 0.272 e. The van der Waals surface area contributed by atoms with Gasteiger partial charge in [0.25, 0.3) is 17.5 Å². The average molecular weight is 382 g/mol. The molecule has 0 aromatic heterocycles. The fourth-order valence-electron chi connectivity index (χ4n) is 3.15. The summed E-state index contributed by atoms with van der Waals surface area (Å²) in [4.78, 5) is 39.9. The van der Waals surface area contributed by atoms with E-state index in [0.717, 1.165) is 13.1 Å². The van der Waals surface area contributed by atoms with Gasteiger partial charge in [-0.25, -0.2) is 0 Å². The molecular formula is C20H22N4O4. The van der Waals surface area contributed by atoms with Crippen molar-refractivity contribution < 1.29 is 14.5 Å². The van der Waals surface area contributed by atoms with Crippen molar-refractivity contribution in [3.63, 3.8) is 0 Å². The summed E-state index contributed by atoms with van der Waals surface area (Å²) < 4.78 is 0. The third-order valence-corrected chi connectivity index (χ3v) is 4.85. The Labute approximate surface area is 162 Å². The number of nitro benzene ring substituents is 1. The topological polar surface area (TPSA) is 95.8 Å². The van der Waals surface area contributed by atoms with Crippen LogP contribution in [0.4, 0.5) is 11.4 Å². The third kappa shape index (κ3) is 4.17. The van der Waals surface area contributed by atoms with Gasteiger partial charge in [0.15, 0.2) is 0 Å². The summed E-state index contributed by atoms with van der Waals surface area (Å²) in [5, 5.41) is 13.7. The molecule has 1 fully saturated rings. The fourth-order valence-corrected chi connectivity index (χ4v) is 3.15. The number of nitro groups is 1. The molecule has 8 nitrogen and oxygen atoms in total. The lowest BCUT2D eigenvalue weighted by Crippen LogP contribution is -2.47. The molecule has 2 amide bonds. The number of nitrogens with zero attached hydrogens (tertiary/aromatic N) is 3. The molecule has 0 spiro atoms. The van der Waals surface area contributed by atoms with Crippen LogP contribution in [0.3, 0.4) is 0 Å². The van der Waals surface area contributed by atoms with Gasteiger partial charge in [-0.1, -0.05) is 12.1 Å². The summed E-state index contributed by atoms with van der Waals surface area (Å²) in [6.45, 7) is 4.47. The lowest BCUT2D eigenvalue weighted by atomic mass is 10.1. The van der Waals surface area contributed by atoms with E-state index in [0.29, 0.717) is 35.5 Å². The molecule has 2 aromatic carbocycles. The first-order valence-electron chi connectivity index (χ1n) is 9.00. The molecule has 28 heavy (non-hydrogen) atoms. The zero-order valence-corrected chi connectivity index (χ0v) is 15.8. The Balaban J connectivity index is 1.79. The molecule has 0 unspecified atom stereocenters. The second-order valence-corrected chi connectivity index (χ2v) is 6.85. The Morgan fingerprint density at radius 2 is 1.75 bits per heavy atom. The Bertz CT molecular complexity index is 920. The average Bonchev–Trinajstić information content (AvgIpc) is 2.68. The van der Waals surface area contributed by atoms with Gasteiger partial charge in [-0.2, -0.15) is 0 Å². The van der Waals surface area contributed by atoms with Crippen LogP contribution in [0, 0.1) is 17.0 Å². The number of carbonyl (C=O) groups excluding carboxylic acids is 2. The minimum Gasteiger partial charge on any atom is -0.336 e. The van der Waals surface area contributed by atoms with Gasteiger partial charge in [-0.3, -0.25) is 19.7 Å². The highest BCUT2D eigenvalue weighted by Gasteiger charge is 2.23. The first kappa shape index (κ1) is 19.5. The lowest BCUT2D eigenvalue weighted by Gasteiger charge is -2.32. The van der Waals surface area contributed by atoms with Crippen molar-refractivity contribution in [3.05, 3.63) is 69.3 Å². The molecule has 0 atom stereocenters. The number of hydrogen-bond donors (Lipinski definition) is 1. The Hall–Kier alpha value is -3.26. The van der Waals surface area contributed by atoms with E-state index in [4.69, 9.17) is 0 Å². The number of anilines is 1. The second-order valence-electron chi connectivity index (χ2n) is 6.85. The molecule has 0 radical (unpaired) electrons. The van der Waals surface area contributed by atoms with Crippen molar-refractivity contribution in [2.24, 2.45) is 0 Å². The highest BCUT2D eigenvalue weighted by Crippen LogP contribution is 2.22. The maximum atomic E-state index is 12.9. The molecule has 3 rings (SSSR count). The third-order valence-electron chi connectivity index (χ3n) is 4.85. The summed E-state index contributed by atoms with van der Waals surface area (Å²) in [6, 6.07) is 11.1. The predicted octanol–water partition coefficient (Wildman–Crippen LogP) is 2.54. The smallest absolute Gasteiger partial charge is 0.272 e. The number of piperazine rings is 1. The Morgan fingerprint density at radius 3 is 2.39 bits per heavy atom. The Morgan fingerprint density at radius 1 is 1.07 bits per heavy atom. The number of benzene rings is 2. The van der Waals surface area contributed by atoms with Gasteiger partial charge in [-0.05, 0) is 38.2 Å². The molecule has 146 valence electrons. The van der Waals surface area contributed by atoms with Crippen molar-refractivity contribution in [1.29, 1.82) is 0 Å². The molecule has 0 saturated carbocycles. The largest absolute Gasteiger partial charge is 0.336 e. The molecule has 1 aliphatic heterocycles. The van der Waals surface area contributed by atoms with Crippen LogP contribution >= 0.6 is 0 Å². The van der Waals surface area contributed by atoms with E-state index in [1.54, 1.807) is 36.1 Å². The van der Waals surface area contributed by atoms with Crippen molar-refractivity contribution in [2.45, 2.75) is 6.92 Å². The molecule has 0 aliphatic carbocycles. The molecular weight excluding hydrogens is 360 g/mol. The number of hydrogen-bond acceptors (Lipinski definition) is 5. The number of rotatable bonds is 4. The number of carbonyl (C=O) groups is 2. The monoisotopic (exact) mass is 382 g/mol. The number of aryl methyl sites for hydroxylation is 1. The minimum absolute atomic E-state index is 0.0396. The maximum absolute atomic E-state index is 12.9. The van der Waals surface area contributed by atoms with Crippen molar-refractivity contribution in [2.75, 3.05) is 38.5 Å². The highest BCUT2D eigenvalue weighted by molar-refractivity contribution is 6.09. The van der Waals surface area contributed by atoms with Crippen LogP contribution in [0.15, 0.2) is 42.5 Å². The van der Waals surface area contributed by atoms with Crippen LogP contribution in [0.1, 0.15) is 26.3 Å². The van der Waals surface area contributed by atoms with Gasteiger partial charge in [0.1, 0.15) is 0 Å². The van der Waals surface area contributed by atoms with Gasteiger partial charge in [0.05, 0.1) is 16.2 Å². The van der Waals surface area contributed by atoms with E-state index >= 15 is 0 Å². The number of likely N-dealkylation sites (N-methyl/N-ethyl adjacent to an activating group) is 1. The summed E-state index contributed by atoms with van der Waals surface area (Å²) in [7, 11) is 2.02. The van der Waals surface area contributed by atoms with Crippen LogP contribution in [-0.4, -0.2) is 59.8 Å². The number of para-hydroxylation sites is 1. The van der Waals surface area contributed by atoms with Crippen LogP contribution in [0.25, 0.3) is 0 Å². The number of amides is 2. The quantitative estimate of drug-likeness (QED) is 0.648. The molecule has 1 aliphatic rings. The molecule has 0 bridgehead atoms. The standard InChI is InChI=1S/C20H22N4O4/c1-14-13-15(7-8-18(14)24(27)28)19(25)21-17-6-4-3-5-16(17)20(26)23-11-9-22(2)10-12-23/h3-8,13H,9-12H2,1-2H3,(H,21,25). The molecule has 2 aromatic rings. The van der Waals surface area contributed by atoms with Crippen molar-refractivity contribution in [1.82, 2.24) is 9.80 Å². The summed E-state index contributed by atoms with van der Waals surface area (Å²) in [6.07, 6.45) is 0. The lowest BCUT2D eigenvalue weighted by molar-refractivity contribution is -0.385. The predicted molar refractivity (Wildman–Crippen MR) is 106 cm³/mol. The SMILES string of the molecule is Cc1cc(C(=O)Nc2ccccc2C(=O)N2CCN(C)CC2)ccc1[N+](=O)[O-]. The summed E-state index contributed by atoms with van der Waals surface area (Å²) >= 11 is 0. The first-order chi connectivity index (χ1) is 13.4. The van der Waals surface area contributed by atoms with Crippen LogP contribution in [0.5, 0.6) is 0 Å². The summed E-state index contributed by atoms with van der Waals surface area (Å²) in [5.74, 6) is -0.541. The van der Waals surface area contributed by atoms with Gasteiger partial charge < -0.3 is 15.1 Å². The number of nitrogens with one attached hydrogen (secondary N) is 1. The Kier molecular flexibility index (Phi) is 5.70. The van der Waals surface area contributed by atoms with Gasteiger partial charge >= 0.3 is 0 Å². The van der Waals surface area contributed by atoms with E-state index < -0.39 is 10.8 Å². The van der Waals surface area contributed by atoms with E-state index in [-0.39, 0.29) is 11.6 Å². The summed E-state index contributed by atoms with van der Waals surface area (Å²) in [5.41, 5.74) is 1.51. The van der Waals surface area contributed by atoms with Crippen molar-refractivity contribution >= 4 is 23.2 Å². The van der Waals surface area contributed by atoms with Crippen molar-refractivity contribution in [3.8, 4) is 0 Å². The highest BCUT2D eigenvalue weighted by atomic mass is 16.6. The molecule has 8 heteroatoms. The van der Waals surface area contributed by atoms with Crippen LogP contribution in [0.2, 0.25) is 0 Å². The van der Waals surface area contributed by atoms with Crippen LogP contribution in [-0.2, 0) is 0 Å².